The van der Waals surface area contributed by atoms with Crippen LogP contribution in [0.25, 0.3) is 0 Å². The summed E-state index contributed by atoms with van der Waals surface area (Å²) in [4.78, 5) is 24.1. The van der Waals surface area contributed by atoms with Crippen LogP contribution in [0.1, 0.15) is 56.9 Å². The fourth-order valence-electron chi connectivity index (χ4n) is 3.95. The van der Waals surface area contributed by atoms with Crippen molar-refractivity contribution < 1.29 is 9.59 Å². The Morgan fingerprint density at radius 1 is 1.16 bits per heavy atom. The number of rotatable bonds is 4. The van der Waals surface area contributed by atoms with E-state index in [9.17, 15) is 9.59 Å². The lowest BCUT2D eigenvalue weighted by molar-refractivity contribution is -0.119. The van der Waals surface area contributed by atoms with Crippen LogP contribution < -0.4 is 16.4 Å². The van der Waals surface area contributed by atoms with Crippen molar-refractivity contribution >= 4 is 35.6 Å². The Hall–Kier alpha value is -1.59. The zero-order valence-corrected chi connectivity index (χ0v) is 15.4. The summed E-state index contributed by atoms with van der Waals surface area (Å²) in [5.74, 6) is 0.104. The van der Waals surface area contributed by atoms with Crippen LogP contribution in [0.15, 0.2) is 18.2 Å². The third-order valence-corrected chi connectivity index (χ3v) is 5.40. The predicted molar refractivity (Wildman–Crippen MR) is 103 cm³/mol. The Labute approximate surface area is 155 Å². The molecule has 0 spiro atoms. The summed E-state index contributed by atoms with van der Waals surface area (Å²) in [6.45, 7) is 0.580. The van der Waals surface area contributed by atoms with E-state index in [-0.39, 0.29) is 29.6 Å². The molecule has 0 radical (unpaired) electrons. The van der Waals surface area contributed by atoms with Crippen LogP contribution in [0.2, 0.25) is 0 Å². The van der Waals surface area contributed by atoms with Crippen molar-refractivity contribution in [1.29, 1.82) is 0 Å². The molecule has 1 aromatic carbocycles. The van der Waals surface area contributed by atoms with Gasteiger partial charge in [-0.15, -0.1) is 12.4 Å². The van der Waals surface area contributed by atoms with Gasteiger partial charge in [0.2, 0.25) is 11.8 Å². The van der Waals surface area contributed by atoms with Crippen molar-refractivity contribution in [3.05, 3.63) is 23.8 Å². The van der Waals surface area contributed by atoms with Crippen molar-refractivity contribution in [3.8, 4) is 0 Å². The van der Waals surface area contributed by atoms with Gasteiger partial charge in [-0.1, -0.05) is 19.3 Å². The first-order chi connectivity index (χ1) is 11.6. The second-order valence-electron chi connectivity index (χ2n) is 7.26. The van der Waals surface area contributed by atoms with Gasteiger partial charge in [-0.05, 0) is 61.4 Å². The summed E-state index contributed by atoms with van der Waals surface area (Å²) in [5.41, 5.74) is 8.71. The van der Waals surface area contributed by atoms with Crippen LogP contribution in [0.3, 0.4) is 0 Å². The van der Waals surface area contributed by atoms with Crippen LogP contribution in [0.4, 0.5) is 11.4 Å². The Balaban J connectivity index is 0.00000225. The average Bonchev–Trinajstić information content (AvgIpc) is 2.76. The second-order valence-corrected chi connectivity index (χ2v) is 7.26. The van der Waals surface area contributed by atoms with Gasteiger partial charge < -0.3 is 16.4 Å². The lowest BCUT2D eigenvalue weighted by atomic mass is 9.71. The van der Waals surface area contributed by atoms with E-state index in [4.69, 9.17) is 5.73 Å². The molecule has 3 rings (SSSR count). The van der Waals surface area contributed by atoms with Gasteiger partial charge in [-0.3, -0.25) is 9.59 Å². The molecule has 1 aromatic rings. The molecule has 0 atom stereocenters. The van der Waals surface area contributed by atoms with Gasteiger partial charge >= 0.3 is 0 Å². The number of amides is 2. The molecule has 1 aliphatic carbocycles. The molecule has 1 heterocycles. The summed E-state index contributed by atoms with van der Waals surface area (Å²) < 4.78 is 0. The number of benzene rings is 1. The molecular weight excluding hydrogens is 338 g/mol. The van der Waals surface area contributed by atoms with Crippen LogP contribution in [-0.4, -0.2) is 18.4 Å². The highest BCUT2D eigenvalue weighted by Crippen LogP contribution is 2.38. The van der Waals surface area contributed by atoms with E-state index in [1.165, 1.54) is 19.3 Å². The predicted octanol–water partition coefficient (Wildman–Crippen LogP) is 3.62. The maximum atomic E-state index is 12.5. The average molecular weight is 366 g/mol. The van der Waals surface area contributed by atoms with E-state index < -0.39 is 0 Å². The van der Waals surface area contributed by atoms with Crippen molar-refractivity contribution in [3.63, 3.8) is 0 Å². The Bertz CT molecular complexity index is 627. The van der Waals surface area contributed by atoms with E-state index in [1.807, 2.05) is 18.2 Å². The number of nitrogens with two attached hydrogens (primary N) is 1. The van der Waals surface area contributed by atoms with E-state index in [1.54, 1.807) is 0 Å². The highest BCUT2D eigenvalue weighted by Gasteiger charge is 2.33. The highest BCUT2D eigenvalue weighted by molar-refractivity contribution is 5.94. The van der Waals surface area contributed by atoms with E-state index >= 15 is 0 Å². The Kier molecular flexibility index (Phi) is 6.85. The topological polar surface area (TPSA) is 84.2 Å². The van der Waals surface area contributed by atoms with E-state index in [0.29, 0.717) is 19.4 Å². The fraction of sp³-hybridized carbons (Fsp3) is 0.579. The van der Waals surface area contributed by atoms with Crippen molar-refractivity contribution in [1.82, 2.24) is 0 Å². The van der Waals surface area contributed by atoms with Crippen LogP contribution >= 0.6 is 12.4 Å². The summed E-state index contributed by atoms with van der Waals surface area (Å²) >= 11 is 0. The summed E-state index contributed by atoms with van der Waals surface area (Å²) in [6, 6.07) is 5.72. The summed E-state index contributed by atoms with van der Waals surface area (Å²) in [7, 11) is 0. The number of hydrogen-bond acceptors (Lipinski definition) is 3. The first kappa shape index (κ1) is 19.7. The molecule has 5 nitrogen and oxygen atoms in total. The van der Waals surface area contributed by atoms with Gasteiger partial charge in [0.25, 0.3) is 0 Å². The second kappa shape index (κ2) is 8.68. The molecule has 1 aliphatic heterocycles. The zero-order valence-electron chi connectivity index (χ0n) is 14.6. The maximum Gasteiger partial charge on any atom is 0.224 e. The minimum atomic E-state index is -0.0258. The largest absolute Gasteiger partial charge is 0.330 e. The van der Waals surface area contributed by atoms with E-state index in [0.717, 1.165) is 42.6 Å². The first-order valence-electron chi connectivity index (χ1n) is 9.03. The lowest BCUT2D eigenvalue weighted by Crippen LogP contribution is -2.36. The van der Waals surface area contributed by atoms with E-state index in [2.05, 4.69) is 10.6 Å². The van der Waals surface area contributed by atoms with Gasteiger partial charge in [0.05, 0.1) is 0 Å². The number of aryl methyl sites for hydroxylation is 1. The SMILES string of the molecule is Cl.NCC1(CC(=O)Nc2ccc3c(c2)CCCC(=O)N3)CCCCC1. The standard InChI is InChI=1S/C19H27N3O2.ClH/c20-13-19(9-2-1-3-10-19)12-18(24)21-15-7-8-16-14(11-15)5-4-6-17(23)22-16;/h7-8,11H,1-6,9-10,12-13,20H2,(H,21,24)(H,22,23);1H. The van der Waals surface area contributed by atoms with Gasteiger partial charge in [-0.2, -0.15) is 0 Å². The molecule has 25 heavy (non-hydrogen) atoms. The monoisotopic (exact) mass is 365 g/mol. The third-order valence-electron chi connectivity index (χ3n) is 5.40. The fourth-order valence-corrected chi connectivity index (χ4v) is 3.95. The normalized spacial score (nSPS) is 19.0. The molecule has 4 N–H and O–H groups in total. The minimum absolute atomic E-state index is 0. The van der Waals surface area contributed by atoms with Crippen LogP contribution in [-0.2, 0) is 16.0 Å². The molecule has 2 amide bonds. The van der Waals surface area contributed by atoms with Crippen molar-refractivity contribution in [2.75, 3.05) is 17.2 Å². The van der Waals surface area contributed by atoms with Gasteiger partial charge in [0.1, 0.15) is 0 Å². The number of anilines is 2. The highest BCUT2D eigenvalue weighted by atomic mass is 35.5. The Morgan fingerprint density at radius 3 is 2.64 bits per heavy atom. The quantitative estimate of drug-likeness (QED) is 0.761. The Morgan fingerprint density at radius 2 is 1.92 bits per heavy atom. The molecule has 6 heteroatoms. The summed E-state index contributed by atoms with van der Waals surface area (Å²) in [6.07, 6.45) is 8.43. The lowest BCUT2D eigenvalue weighted by Gasteiger charge is -2.35. The molecule has 1 saturated carbocycles. The van der Waals surface area contributed by atoms with Gasteiger partial charge in [-0.25, -0.2) is 0 Å². The number of nitrogens with one attached hydrogen (secondary N) is 2. The van der Waals surface area contributed by atoms with Crippen molar-refractivity contribution in [2.45, 2.75) is 57.8 Å². The minimum Gasteiger partial charge on any atom is -0.330 e. The molecule has 2 aliphatic rings. The molecule has 1 fully saturated rings. The number of halogens is 1. The zero-order chi connectivity index (χ0) is 17.0. The van der Waals surface area contributed by atoms with Gasteiger partial charge in [0.15, 0.2) is 0 Å². The molecule has 0 unspecified atom stereocenters. The third kappa shape index (κ3) is 4.95. The maximum absolute atomic E-state index is 12.5. The van der Waals surface area contributed by atoms with Crippen LogP contribution in [0, 0.1) is 5.41 Å². The first-order valence-corrected chi connectivity index (χ1v) is 9.03. The van der Waals surface area contributed by atoms with Crippen LogP contribution in [0.5, 0.6) is 0 Å². The number of carbonyl (C=O) groups is 2. The molecule has 0 saturated heterocycles. The van der Waals surface area contributed by atoms with Crippen molar-refractivity contribution in [2.24, 2.45) is 11.1 Å². The molecule has 0 bridgehead atoms. The smallest absolute Gasteiger partial charge is 0.224 e. The molecular formula is C19H28ClN3O2. The number of hydrogen-bond donors (Lipinski definition) is 3. The molecule has 0 aromatic heterocycles. The summed E-state index contributed by atoms with van der Waals surface area (Å²) in [5, 5.41) is 5.94. The number of carbonyl (C=O) groups excluding carboxylic acids is 2. The number of fused-ring (bicyclic) bond motifs is 1. The van der Waals surface area contributed by atoms with Gasteiger partial charge in [0, 0.05) is 24.2 Å². The molecule has 138 valence electrons.